The van der Waals surface area contributed by atoms with Gasteiger partial charge in [-0.25, -0.2) is 4.98 Å². The Labute approximate surface area is 168 Å². The zero-order chi connectivity index (χ0) is 20.5. The minimum atomic E-state index is -0.231. The smallest absolute Gasteiger partial charge is 0.256 e. The summed E-state index contributed by atoms with van der Waals surface area (Å²) in [6.07, 6.45) is 1.89. The Bertz CT molecular complexity index is 1210. The molecule has 0 aliphatic heterocycles. The number of ether oxygens (including phenoxy) is 1. The lowest BCUT2D eigenvalue weighted by molar-refractivity contribution is 0.102. The Kier molecular flexibility index (Phi) is 4.75. The number of rotatable bonds is 5. The third-order valence-electron chi connectivity index (χ3n) is 4.85. The molecule has 0 fully saturated rings. The van der Waals surface area contributed by atoms with Gasteiger partial charge in [-0.15, -0.1) is 0 Å². The summed E-state index contributed by atoms with van der Waals surface area (Å²) >= 11 is 0. The van der Waals surface area contributed by atoms with Crippen molar-refractivity contribution in [3.05, 3.63) is 65.2 Å². The fourth-order valence-electron chi connectivity index (χ4n) is 3.36. The van der Waals surface area contributed by atoms with E-state index in [2.05, 4.69) is 20.5 Å². The molecule has 1 amide bonds. The van der Waals surface area contributed by atoms with Gasteiger partial charge in [-0.05, 0) is 26.0 Å². The minimum Gasteiger partial charge on any atom is -0.481 e. The molecule has 0 spiro atoms. The highest BCUT2D eigenvalue weighted by Crippen LogP contribution is 2.25. The second kappa shape index (κ2) is 7.38. The first-order valence-corrected chi connectivity index (χ1v) is 9.24. The number of aromatic nitrogens is 5. The molecule has 8 nitrogen and oxygen atoms in total. The average Bonchev–Trinajstić information content (AvgIpc) is 3.24. The van der Waals surface area contributed by atoms with Gasteiger partial charge >= 0.3 is 0 Å². The van der Waals surface area contributed by atoms with Gasteiger partial charge in [0.05, 0.1) is 47.5 Å². The predicted molar refractivity (Wildman–Crippen MR) is 110 cm³/mol. The number of nitrogens with one attached hydrogen (secondary N) is 1. The quantitative estimate of drug-likeness (QED) is 0.566. The van der Waals surface area contributed by atoms with Gasteiger partial charge in [-0.1, -0.05) is 18.2 Å². The van der Waals surface area contributed by atoms with Gasteiger partial charge in [0.15, 0.2) is 0 Å². The number of hydrogen-bond acceptors (Lipinski definition) is 5. The van der Waals surface area contributed by atoms with Crippen LogP contribution in [-0.4, -0.2) is 37.6 Å². The molecule has 0 aliphatic rings. The standard InChI is InChI=1S/C21H22N6O2/c1-13-20(14(2)27(24-13)12-15-9-10-26(3)25-15)23-21(28)17-11-19(29-4)22-18-8-6-5-7-16(17)18/h5-11H,12H2,1-4H3,(H,23,28). The van der Waals surface area contributed by atoms with E-state index in [0.29, 0.717) is 29.2 Å². The van der Waals surface area contributed by atoms with Gasteiger partial charge < -0.3 is 10.1 Å². The molecule has 0 atom stereocenters. The van der Waals surface area contributed by atoms with Crippen LogP contribution in [0.4, 0.5) is 5.69 Å². The molecule has 0 saturated carbocycles. The zero-order valence-corrected chi connectivity index (χ0v) is 16.8. The summed E-state index contributed by atoms with van der Waals surface area (Å²) in [6.45, 7) is 4.35. The van der Waals surface area contributed by atoms with Crippen molar-refractivity contribution in [2.24, 2.45) is 7.05 Å². The van der Waals surface area contributed by atoms with Crippen LogP contribution in [-0.2, 0) is 13.6 Å². The van der Waals surface area contributed by atoms with Crippen molar-refractivity contribution >= 4 is 22.5 Å². The van der Waals surface area contributed by atoms with Crippen LogP contribution in [0.1, 0.15) is 27.4 Å². The molecule has 3 aromatic heterocycles. The number of benzene rings is 1. The molecule has 29 heavy (non-hydrogen) atoms. The predicted octanol–water partition coefficient (Wildman–Crippen LogP) is 3.09. The Balaban J connectivity index is 1.66. The molecule has 3 heterocycles. The second-order valence-corrected chi connectivity index (χ2v) is 6.87. The summed E-state index contributed by atoms with van der Waals surface area (Å²) in [5.74, 6) is 0.165. The minimum absolute atomic E-state index is 0.231. The highest BCUT2D eigenvalue weighted by molar-refractivity contribution is 6.12. The first-order chi connectivity index (χ1) is 14.0. The number of carbonyl (C=O) groups excluding carboxylic acids is 1. The molecular weight excluding hydrogens is 368 g/mol. The Morgan fingerprint density at radius 3 is 2.69 bits per heavy atom. The highest BCUT2D eigenvalue weighted by atomic mass is 16.5. The summed E-state index contributed by atoms with van der Waals surface area (Å²) < 4.78 is 8.87. The van der Waals surface area contributed by atoms with E-state index in [9.17, 15) is 4.79 Å². The SMILES string of the molecule is COc1cc(C(=O)Nc2c(C)nn(Cc3ccn(C)n3)c2C)c2ccccc2n1. The molecule has 4 aromatic rings. The van der Waals surface area contributed by atoms with E-state index in [-0.39, 0.29) is 5.91 Å². The van der Waals surface area contributed by atoms with Crippen LogP contribution in [0.5, 0.6) is 5.88 Å². The molecular formula is C21H22N6O2. The van der Waals surface area contributed by atoms with E-state index in [4.69, 9.17) is 4.74 Å². The number of carbonyl (C=O) groups is 1. The number of nitrogens with zero attached hydrogens (tertiary/aromatic N) is 5. The maximum atomic E-state index is 13.1. The lowest BCUT2D eigenvalue weighted by atomic mass is 10.1. The van der Waals surface area contributed by atoms with E-state index in [1.165, 1.54) is 7.11 Å². The van der Waals surface area contributed by atoms with Gasteiger partial charge in [0.2, 0.25) is 5.88 Å². The third-order valence-corrected chi connectivity index (χ3v) is 4.85. The van der Waals surface area contributed by atoms with Crippen molar-refractivity contribution in [2.45, 2.75) is 20.4 Å². The van der Waals surface area contributed by atoms with E-state index in [0.717, 1.165) is 22.5 Å². The van der Waals surface area contributed by atoms with Crippen LogP contribution >= 0.6 is 0 Å². The van der Waals surface area contributed by atoms with E-state index in [1.54, 1.807) is 10.7 Å². The fourth-order valence-corrected chi connectivity index (χ4v) is 3.36. The van der Waals surface area contributed by atoms with Crippen molar-refractivity contribution in [2.75, 3.05) is 12.4 Å². The van der Waals surface area contributed by atoms with Gasteiger partial charge in [0.1, 0.15) is 0 Å². The van der Waals surface area contributed by atoms with Crippen LogP contribution in [0.25, 0.3) is 10.9 Å². The molecule has 4 rings (SSSR count). The summed E-state index contributed by atoms with van der Waals surface area (Å²) in [6, 6.07) is 11.1. The maximum Gasteiger partial charge on any atom is 0.256 e. The zero-order valence-electron chi connectivity index (χ0n) is 16.8. The lowest BCUT2D eigenvalue weighted by Gasteiger charge is -2.10. The maximum absolute atomic E-state index is 13.1. The molecule has 0 aliphatic carbocycles. The molecule has 0 bridgehead atoms. The van der Waals surface area contributed by atoms with Crippen LogP contribution in [0.15, 0.2) is 42.6 Å². The Hall–Kier alpha value is -3.68. The molecule has 0 saturated heterocycles. The molecule has 0 unspecified atom stereocenters. The highest BCUT2D eigenvalue weighted by Gasteiger charge is 2.18. The number of amides is 1. The van der Waals surface area contributed by atoms with Gasteiger partial charge in [-0.2, -0.15) is 10.2 Å². The van der Waals surface area contributed by atoms with E-state index < -0.39 is 0 Å². The number of aryl methyl sites for hydroxylation is 2. The van der Waals surface area contributed by atoms with Crippen LogP contribution in [0, 0.1) is 13.8 Å². The van der Waals surface area contributed by atoms with Crippen LogP contribution < -0.4 is 10.1 Å². The van der Waals surface area contributed by atoms with E-state index in [1.807, 2.05) is 62.1 Å². The molecule has 1 aromatic carbocycles. The van der Waals surface area contributed by atoms with Crippen molar-refractivity contribution in [1.82, 2.24) is 24.5 Å². The van der Waals surface area contributed by atoms with Crippen LogP contribution in [0.2, 0.25) is 0 Å². The first-order valence-electron chi connectivity index (χ1n) is 9.24. The van der Waals surface area contributed by atoms with Crippen molar-refractivity contribution in [3.63, 3.8) is 0 Å². The largest absolute Gasteiger partial charge is 0.481 e. The number of anilines is 1. The van der Waals surface area contributed by atoms with Gasteiger partial charge in [-0.3, -0.25) is 14.2 Å². The average molecular weight is 390 g/mol. The summed E-state index contributed by atoms with van der Waals surface area (Å²) in [5, 5.41) is 12.8. The topological polar surface area (TPSA) is 86.9 Å². The molecule has 1 N–H and O–H groups in total. The van der Waals surface area contributed by atoms with Crippen LogP contribution in [0.3, 0.4) is 0 Å². The van der Waals surface area contributed by atoms with Gasteiger partial charge in [0.25, 0.3) is 5.91 Å². The van der Waals surface area contributed by atoms with E-state index >= 15 is 0 Å². The van der Waals surface area contributed by atoms with Crippen molar-refractivity contribution < 1.29 is 9.53 Å². The number of hydrogen-bond donors (Lipinski definition) is 1. The number of pyridine rings is 1. The van der Waals surface area contributed by atoms with Crippen molar-refractivity contribution in [1.29, 1.82) is 0 Å². The monoisotopic (exact) mass is 390 g/mol. The fraction of sp³-hybridized carbons (Fsp3) is 0.238. The number of methoxy groups -OCH3 is 1. The molecule has 148 valence electrons. The lowest BCUT2D eigenvalue weighted by Crippen LogP contribution is -2.14. The normalized spacial score (nSPS) is 11.0. The summed E-state index contributed by atoms with van der Waals surface area (Å²) in [5.41, 5.74) is 4.43. The third kappa shape index (κ3) is 3.56. The molecule has 0 radical (unpaired) electrons. The Morgan fingerprint density at radius 1 is 1.17 bits per heavy atom. The molecule has 8 heteroatoms. The summed E-state index contributed by atoms with van der Waals surface area (Å²) in [7, 11) is 3.42. The summed E-state index contributed by atoms with van der Waals surface area (Å²) in [4.78, 5) is 17.5. The number of fused-ring (bicyclic) bond motifs is 1. The first kappa shape index (κ1) is 18.7. The number of para-hydroxylation sites is 1. The second-order valence-electron chi connectivity index (χ2n) is 6.87. The van der Waals surface area contributed by atoms with Crippen molar-refractivity contribution in [3.8, 4) is 5.88 Å². The van der Waals surface area contributed by atoms with Gasteiger partial charge in [0, 0.05) is 24.7 Å². The Morgan fingerprint density at radius 2 is 1.97 bits per heavy atom.